The van der Waals surface area contributed by atoms with Crippen molar-refractivity contribution < 1.29 is 0 Å². The zero-order valence-corrected chi connectivity index (χ0v) is 13.0. The minimum atomic E-state index is -0.0447. The monoisotopic (exact) mass is 284 g/mol. The Morgan fingerprint density at radius 2 is 2.00 bits per heavy atom. The lowest BCUT2D eigenvalue weighted by Crippen LogP contribution is -2.22. The highest BCUT2D eigenvalue weighted by Gasteiger charge is 2.19. The first kappa shape index (κ1) is 15.0. The van der Waals surface area contributed by atoms with Gasteiger partial charge in [0.15, 0.2) is 5.69 Å². The Morgan fingerprint density at radius 1 is 1.29 bits per heavy atom. The molecule has 0 aliphatic heterocycles. The molecule has 0 aromatic carbocycles. The molecule has 6 heteroatoms. The summed E-state index contributed by atoms with van der Waals surface area (Å²) in [6, 6.07) is 2.01. The van der Waals surface area contributed by atoms with Crippen LogP contribution < -0.4 is 5.32 Å². The molecule has 0 spiro atoms. The third-order valence-electron chi connectivity index (χ3n) is 3.22. The van der Waals surface area contributed by atoms with Gasteiger partial charge in [-0.05, 0) is 34.6 Å². The number of aryl methyl sites for hydroxylation is 1. The Bertz CT molecular complexity index is 657. The van der Waals surface area contributed by atoms with Crippen molar-refractivity contribution in [3.8, 4) is 6.07 Å². The quantitative estimate of drug-likeness (QED) is 0.937. The van der Waals surface area contributed by atoms with Crippen molar-refractivity contribution in [2.24, 2.45) is 0 Å². The van der Waals surface area contributed by atoms with Gasteiger partial charge in [-0.3, -0.25) is 4.68 Å². The predicted octanol–water partition coefficient (Wildman–Crippen LogP) is 2.78. The van der Waals surface area contributed by atoms with E-state index in [9.17, 15) is 0 Å². The molecule has 1 unspecified atom stereocenters. The third-order valence-corrected chi connectivity index (χ3v) is 3.22. The molecule has 0 amide bonds. The van der Waals surface area contributed by atoms with Crippen LogP contribution in [0.15, 0.2) is 18.6 Å². The van der Waals surface area contributed by atoms with E-state index in [1.807, 2.05) is 17.7 Å². The summed E-state index contributed by atoms with van der Waals surface area (Å²) in [7, 11) is 0. The van der Waals surface area contributed by atoms with E-state index < -0.39 is 0 Å². The average Bonchev–Trinajstić information content (AvgIpc) is 2.82. The van der Waals surface area contributed by atoms with Crippen molar-refractivity contribution in [1.82, 2.24) is 19.7 Å². The Balaban J connectivity index is 2.18. The standard InChI is InChI=1S/C15H20N6/c1-10(19-14-8-17-12(6-16)7-18-14)13-9-21(15(3,4)5)20-11(13)2/h7-10H,1-5H3,(H,18,19). The van der Waals surface area contributed by atoms with Crippen LogP contribution in [-0.4, -0.2) is 19.7 Å². The van der Waals surface area contributed by atoms with Crippen LogP contribution in [0.1, 0.15) is 50.7 Å². The molecule has 2 aromatic heterocycles. The van der Waals surface area contributed by atoms with Crippen molar-refractivity contribution in [1.29, 1.82) is 5.26 Å². The van der Waals surface area contributed by atoms with Crippen LogP contribution in [-0.2, 0) is 5.54 Å². The molecule has 0 saturated carbocycles. The molecule has 0 fully saturated rings. The third kappa shape index (κ3) is 3.37. The highest BCUT2D eigenvalue weighted by Crippen LogP contribution is 2.23. The molecule has 0 aliphatic carbocycles. The summed E-state index contributed by atoms with van der Waals surface area (Å²) in [5.74, 6) is 0.643. The topological polar surface area (TPSA) is 79.4 Å². The number of hydrogen-bond acceptors (Lipinski definition) is 5. The molecule has 0 saturated heterocycles. The number of aromatic nitrogens is 4. The van der Waals surface area contributed by atoms with Crippen LogP contribution in [0, 0.1) is 18.3 Å². The normalized spacial score (nSPS) is 12.8. The molecule has 1 N–H and O–H groups in total. The highest BCUT2D eigenvalue weighted by atomic mass is 15.3. The van der Waals surface area contributed by atoms with Crippen LogP contribution in [0.3, 0.4) is 0 Å². The van der Waals surface area contributed by atoms with Gasteiger partial charge >= 0.3 is 0 Å². The van der Waals surface area contributed by atoms with Gasteiger partial charge in [-0.15, -0.1) is 0 Å². The fourth-order valence-corrected chi connectivity index (χ4v) is 2.00. The van der Waals surface area contributed by atoms with E-state index in [0.29, 0.717) is 11.5 Å². The van der Waals surface area contributed by atoms with Gasteiger partial charge in [-0.25, -0.2) is 9.97 Å². The number of hydrogen-bond donors (Lipinski definition) is 1. The lowest BCUT2D eigenvalue weighted by Gasteiger charge is -2.19. The maximum absolute atomic E-state index is 8.72. The van der Waals surface area contributed by atoms with Crippen LogP contribution in [0.2, 0.25) is 0 Å². The number of nitrogens with one attached hydrogen (secondary N) is 1. The lowest BCUT2D eigenvalue weighted by atomic mass is 10.1. The van der Waals surface area contributed by atoms with Gasteiger partial charge in [0.25, 0.3) is 0 Å². The van der Waals surface area contributed by atoms with E-state index in [1.54, 1.807) is 6.20 Å². The summed E-state index contributed by atoms with van der Waals surface area (Å²) in [6.07, 6.45) is 5.09. The van der Waals surface area contributed by atoms with E-state index in [1.165, 1.54) is 6.20 Å². The van der Waals surface area contributed by atoms with Gasteiger partial charge in [0.1, 0.15) is 11.9 Å². The van der Waals surface area contributed by atoms with Crippen LogP contribution in [0.5, 0.6) is 0 Å². The van der Waals surface area contributed by atoms with E-state index in [-0.39, 0.29) is 11.6 Å². The predicted molar refractivity (Wildman–Crippen MR) is 80.7 cm³/mol. The van der Waals surface area contributed by atoms with Gasteiger partial charge < -0.3 is 5.32 Å². The molecule has 0 aliphatic rings. The Labute approximate surface area is 124 Å². The number of nitrogens with zero attached hydrogens (tertiary/aromatic N) is 5. The summed E-state index contributed by atoms with van der Waals surface area (Å²) in [5.41, 5.74) is 2.38. The molecule has 2 rings (SSSR count). The lowest BCUT2D eigenvalue weighted by molar-refractivity contribution is 0.354. The summed E-state index contributed by atoms with van der Waals surface area (Å²) in [5, 5.41) is 16.6. The molecule has 21 heavy (non-hydrogen) atoms. The number of rotatable bonds is 3. The summed E-state index contributed by atoms with van der Waals surface area (Å²) in [4.78, 5) is 8.18. The SMILES string of the molecule is Cc1nn(C(C)(C)C)cc1C(C)Nc1cnc(C#N)cn1. The smallest absolute Gasteiger partial charge is 0.158 e. The molecule has 0 radical (unpaired) electrons. The van der Waals surface area contributed by atoms with Crippen molar-refractivity contribution in [2.75, 3.05) is 5.32 Å². The van der Waals surface area contributed by atoms with Crippen LogP contribution in [0.25, 0.3) is 0 Å². The van der Waals surface area contributed by atoms with Crippen molar-refractivity contribution in [2.45, 2.75) is 46.2 Å². The molecule has 110 valence electrons. The van der Waals surface area contributed by atoms with Crippen molar-refractivity contribution >= 4 is 5.82 Å². The van der Waals surface area contributed by atoms with E-state index >= 15 is 0 Å². The maximum Gasteiger partial charge on any atom is 0.158 e. The highest BCUT2D eigenvalue weighted by molar-refractivity contribution is 5.37. The minimum absolute atomic E-state index is 0.0447. The van der Waals surface area contributed by atoms with Gasteiger partial charge in [-0.2, -0.15) is 10.4 Å². The first-order chi connectivity index (χ1) is 9.81. The van der Waals surface area contributed by atoms with E-state index in [4.69, 9.17) is 5.26 Å². The molecule has 2 aromatic rings. The molecule has 1 atom stereocenters. The zero-order chi connectivity index (χ0) is 15.6. The Kier molecular flexibility index (Phi) is 3.94. The van der Waals surface area contributed by atoms with Gasteiger partial charge in [0, 0.05) is 11.8 Å². The number of nitriles is 1. The van der Waals surface area contributed by atoms with Gasteiger partial charge in [0.2, 0.25) is 0 Å². The second kappa shape index (κ2) is 5.52. The summed E-state index contributed by atoms with van der Waals surface area (Å²) in [6.45, 7) is 10.4. The summed E-state index contributed by atoms with van der Waals surface area (Å²) < 4.78 is 1.97. The van der Waals surface area contributed by atoms with E-state index in [2.05, 4.69) is 54.3 Å². The van der Waals surface area contributed by atoms with Crippen molar-refractivity contribution in [3.05, 3.63) is 35.5 Å². The fourth-order valence-electron chi connectivity index (χ4n) is 2.00. The second-order valence-corrected chi connectivity index (χ2v) is 6.05. The molecular weight excluding hydrogens is 264 g/mol. The van der Waals surface area contributed by atoms with E-state index in [0.717, 1.165) is 11.3 Å². The largest absolute Gasteiger partial charge is 0.362 e. The molecule has 6 nitrogen and oxygen atoms in total. The average molecular weight is 284 g/mol. The molecule has 0 bridgehead atoms. The molecule has 2 heterocycles. The Morgan fingerprint density at radius 3 is 2.48 bits per heavy atom. The fraction of sp³-hybridized carbons (Fsp3) is 0.467. The summed E-state index contributed by atoms with van der Waals surface area (Å²) >= 11 is 0. The first-order valence-electron chi connectivity index (χ1n) is 6.86. The van der Waals surface area contributed by atoms with Gasteiger partial charge in [-0.1, -0.05) is 0 Å². The van der Waals surface area contributed by atoms with Crippen LogP contribution >= 0.6 is 0 Å². The zero-order valence-electron chi connectivity index (χ0n) is 13.0. The molecular formula is C15H20N6. The Hall–Kier alpha value is -2.42. The van der Waals surface area contributed by atoms with Gasteiger partial charge in [0.05, 0.1) is 29.7 Å². The van der Waals surface area contributed by atoms with Crippen molar-refractivity contribution in [3.63, 3.8) is 0 Å². The minimum Gasteiger partial charge on any atom is -0.362 e. The first-order valence-corrected chi connectivity index (χ1v) is 6.86. The maximum atomic E-state index is 8.72. The number of anilines is 1. The second-order valence-electron chi connectivity index (χ2n) is 6.05. The van der Waals surface area contributed by atoms with Crippen LogP contribution in [0.4, 0.5) is 5.82 Å².